The van der Waals surface area contributed by atoms with Crippen LogP contribution in [0.5, 0.6) is 0 Å². The van der Waals surface area contributed by atoms with E-state index in [2.05, 4.69) is 24.7 Å². The SMILES string of the molecule is COC(=O)C1=C/C2CC(C/C=C\1)C(C#N)(C#N)C2(C#N)C#N.[C-]#[O+].[C-]#[O+].[C-]#[O+].[Fe]. The van der Waals surface area contributed by atoms with Crippen LogP contribution in [-0.2, 0) is 40.6 Å². The topological polar surface area (TPSA) is 181 Å². The van der Waals surface area contributed by atoms with Crippen molar-refractivity contribution in [1.29, 1.82) is 21.0 Å². The Labute approximate surface area is 178 Å². The van der Waals surface area contributed by atoms with Crippen LogP contribution in [0.2, 0.25) is 0 Å². The zero-order valence-corrected chi connectivity index (χ0v) is 16.1. The van der Waals surface area contributed by atoms with Gasteiger partial charge in [0.15, 0.2) is 10.8 Å². The van der Waals surface area contributed by atoms with E-state index in [1.54, 1.807) is 12.2 Å². The van der Waals surface area contributed by atoms with E-state index in [4.69, 9.17) is 14.0 Å². The third-order valence-electron chi connectivity index (χ3n) is 4.55. The molecule has 2 aliphatic rings. The van der Waals surface area contributed by atoms with Crippen LogP contribution in [0, 0.1) is 87.9 Å². The number of allylic oxidation sites excluding steroid dienone is 2. The number of rotatable bonds is 1. The first-order chi connectivity index (χ1) is 13.5. The standard InChI is InChI=1S/C16H12N4O2.3CO.Fe/c1-22-14(21)11-3-2-4-12-6-13(5-11)16(9-19,10-20)15(12,7-17)8-18;3*1-2;/h2-3,5,12-13H,4,6H2,1H3;;;;/b3-2-,11-5+;;;;. The summed E-state index contributed by atoms with van der Waals surface area (Å²) in [5, 5.41) is 38.3. The van der Waals surface area contributed by atoms with Gasteiger partial charge in [-0.1, -0.05) is 18.2 Å². The Balaban J connectivity index is -0.000000883. The fraction of sp³-hybridized carbons (Fsp3) is 0.368. The number of nitrogens with zero attached hydrogens (tertiary/aromatic N) is 4. The van der Waals surface area contributed by atoms with E-state index in [9.17, 15) is 25.8 Å². The van der Waals surface area contributed by atoms with Crippen LogP contribution in [0.4, 0.5) is 0 Å². The van der Waals surface area contributed by atoms with Crippen molar-refractivity contribution in [3.63, 3.8) is 0 Å². The van der Waals surface area contributed by atoms with Gasteiger partial charge in [0.1, 0.15) is 0 Å². The number of esters is 1. The summed E-state index contributed by atoms with van der Waals surface area (Å²) in [5.74, 6) is -1.68. The van der Waals surface area contributed by atoms with E-state index in [1.165, 1.54) is 13.2 Å². The second-order valence-corrected chi connectivity index (χ2v) is 5.35. The Morgan fingerprint density at radius 1 is 1.03 bits per heavy atom. The molecule has 0 N–H and O–H groups in total. The molecule has 0 radical (unpaired) electrons. The third kappa shape index (κ3) is 5.13. The van der Waals surface area contributed by atoms with Crippen molar-refractivity contribution < 1.29 is 40.6 Å². The first-order valence-corrected chi connectivity index (χ1v) is 7.28. The minimum Gasteiger partial charge on any atom is 0 e. The predicted octanol–water partition coefficient (Wildman–Crippen LogP) is 1.63. The molecule has 0 saturated heterocycles. The summed E-state index contributed by atoms with van der Waals surface area (Å²) >= 11 is 0. The molecule has 0 aromatic rings. The molecule has 146 valence electrons. The Hall–Kier alpha value is -3.35. The fourth-order valence-electron chi connectivity index (χ4n) is 3.38. The second-order valence-electron chi connectivity index (χ2n) is 5.35. The third-order valence-corrected chi connectivity index (χ3v) is 4.55. The monoisotopic (exact) mass is 432 g/mol. The number of nitriles is 4. The molecule has 2 atom stereocenters. The van der Waals surface area contributed by atoms with Crippen LogP contribution >= 0.6 is 0 Å². The van der Waals surface area contributed by atoms with Crippen molar-refractivity contribution in [1.82, 2.24) is 0 Å². The van der Waals surface area contributed by atoms with Crippen molar-refractivity contribution in [2.24, 2.45) is 22.7 Å². The minimum atomic E-state index is -1.80. The molecule has 2 rings (SSSR count). The Morgan fingerprint density at radius 2 is 1.48 bits per heavy atom. The number of fused-ring (bicyclic) bond motifs is 2. The molecule has 2 aliphatic carbocycles. The smallest absolute Gasteiger partial charge is 0 e. The molecule has 2 bridgehead atoms. The summed E-state index contributed by atoms with van der Waals surface area (Å²) in [5.41, 5.74) is -3.28. The molecule has 1 fully saturated rings. The number of hydrogen-bond donors (Lipinski definition) is 0. The maximum absolute atomic E-state index is 11.8. The van der Waals surface area contributed by atoms with E-state index < -0.39 is 28.6 Å². The average molecular weight is 432 g/mol. The van der Waals surface area contributed by atoms with Gasteiger partial charge in [0.2, 0.25) is 0 Å². The van der Waals surface area contributed by atoms with Crippen molar-refractivity contribution in [2.75, 3.05) is 7.11 Å². The first-order valence-electron chi connectivity index (χ1n) is 7.28. The van der Waals surface area contributed by atoms with E-state index in [1.807, 2.05) is 24.3 Å². The van der Waals surface area contributed by atoms with Gasteiger partial charge in [-0.25, -0.2) is 4.79 Å². The van der Waals surface area contributed by atoms with Crippen LogP contribution in [0.1, 0.15) is 12.8 Å². The molecule has 0 amide bonds. The van der Waals surface area contributed by atoms with Gasteiger partial charge in [0.25, 0.3) is 0 Å². The maximum atomic E-state index is 11.8. The summed E-state index contributed by atoms with van der Waals surface area (Å²) in [6.07, 6.45) is 5.38. The van der Waals surface area contributed by atoms with E-state index in [0.717, 1.165) is 0 Å². The second kappa shape index (κ2) is 14.7. The van der Waals surface area contributed by atoms with Crippen molar-refractivity contribution in [2.45, 2.75) is 12.8 Å². The van der Waals surface area contributed by atoms with Crippen LogP contribution in [0.25, 0.3) is 0 Å². The fourth-order valence-corrected chi connectivity index (χ4v) is 3.38. The Bertz CT molecular complexity index is 832. The van der Waals surface area contributed by atoms with Gasteiger partial charge < -0.3 is 4.74 Å². The predicted molar refractivity (Wildman–Crippen MR) is 84.6 cm³/mol. The summed E-state index contributed by atoms with van der Waals surface area (Å²) in [7, 11) is 1.24. The maximum Gasteiger partial charge on any atom is 0 e. The summed E-state index contributed by atoms with van der Waals surface area (Å²) < 4.78 is 27.2. The zero-order valence-electron chi connectivity index (χ0n) is 15.0. The van der Waals surface area contributed by atoms with Gasteiger partial charge >= 0.3 is 39.9 Å². The van der Waals surface area contributed by atoms with Crippen molar-refractivity contribution >= 4 is 5.97 Å². The van der Waals surface area contributed by atoms with Gasteiger partial charge in [0, 0.05) is 23.0 Å². The minimum absolute atomic E-state index is 0. The van der Waals surface area contributed by atoms with E-state index in [-0.39, 0.29) is 22.6 Å². The molecule has 0 spiro atoms. The largest absolute Gasteiger partial charge is 0 e. The van der Waals surface area contributed by atoms with Gasteiger partial charge in [0.05, 0.1) is 37.0 Å². The molecule has 0 aromatic carbocycles. The molecule has 2 unspecified atom stereocenters. The first kappa shape index (κ1) is 30.4. The number of carbonyl (C=O) groups is 1. The Kier molecular flexibility index (Phi) is 15.4. The number of ether oxygens (including phenoxy) is 1. The molecule has 9 nitrogen and oxygen atoms in total. The summed E-state index contributed by atoms with van der Waals surface area (Å²) in [6.45, 7) is 13.5. The van der Waals surface area contributed by atoms with Crippen LogP contribution in [0.3, 0.4) is 0 Å². The molecular formula is C19H12FeN4O5. The molecule has 0 aromatic heterocycles. The van der Waals surface area contributed by atoms with Gasteiger partial charge in [-0.2, -0.15) is 21.0 Å². The van der Waals surface area contributed by atoms with Gasteiger partial charge in [-0.05, 0) is 18.8 Å². The van der Waals surface area contributed by atoms with Crippen molar-refractivity contribution in [3.8, 4) is 24.3 Å². The quantitative estimate of drug-likeness (QED) is 0.263. The number of methoxy groups -OCH3 is 1. The molecular weight excluding hydrogens is 420 g/mol. The zero-order chi connectivity index (χ0) is 22.4. The number of hydrogen-bond acceptors (Lipinski definition) is 6. The summed E-state index contributed by atoms with van der Waals surface area (Å²) in [4.78, 5) is 11.8. The van der Waals surface area contributed by atoms with Crippen molar-refractivity contribution in [3.05, 3.63) is 43.8 Å². The van der Waals surface area contributed by atoms with Gasteiger partial charge in [-0.3, -0.25) is 0 Å². The summed E-state index contributed by atoms with van der Waals surface area (Å²) in [6, 6.07) is 7.63. The van der Waals surface area contributed by atoms with E-state index >= 15 is 0 Å². The van der Waals surface area contributed by atoms with Gasteiger partial charge in [-0.15, -0.1) is 0 Å². The van der Waals surface area contributed by atoms with Crippen LogP contribution < -0.4 is 0 Å². The van der Waals surface area contributed by atoms with Crippen LogP contribution in [0.15, 0.2) is 23.8 Å². The molecule has 29 heavy (non-hydrogen) atoms. The van der Waals surface area contributed by atoms with Crippen LogP contribution in [-0.4, -0.2) is 13.1 Å². The molecule has 10 heteroatoms. The van der Waals surface area contributed by atoms with E-state index in [0.29, 0.717) is 12.8 Å². The Morgan fingerprint density at radius 3 is 1.86 bits per heavy atom. The normalized spacial score (nSPS) is 23.5. The number of carbonyl (C=O) groups excluding carboxylic acids is 1. The molecule has 1 saturated carbocycles. The molecule has 0 heterocycles. The average Bonchev–Trinajstić information content (AvgIpc) is 3.05. The molecule has 0 aliphatic heterocycles.